The highest BCUT2D eigenvalue weighted by atomic mass is 32.2. The molecule has 86 valence electrons. The summed E-state index contributed by atoms with van der Waals surface area (Å²) in [7, 11) is 0. The molecule has 3 nitrogen and oxygen atoms in total. The maximum atomic E-state index is 12.1. The first kappa shape index (κ1) is 10.9. The van der Waals surface area contributed by atoms with E-state index in [-0.39, 0.29) is 5.91 Å². The van der Waals surface area contributed by atoms with Gasteiger partial charge in [-0.15, -0.1) is 0 Å². The Morgan fingerprint density at radius 2 is 2.29 bits per heavy atom. The lowest BCUT2D eigenvalue weighted by atomic mass is 10.3. The Labute approximate surface area is 109 Å². The van der Waals surface area contributed by atoms with Crippen LogP contribution < -0.4 is 0 Å². The quantitative estimate of drug-likeness (QED) is 0.605. The van der Waals surface area contributed by atoms with Crippen molar-refractivity contribution in [3.8, 4) is 0 Å². The number of rotatable bonds is 2. The van der Waals surface area contributed by atoms with Crippen LogP contribution in [0, 0.1) is 0 Å². The first-order valence-corrected chi connectivity index (χ1v) is 6.66. The number of hydrogen-bond donors (Lipinski definition) is 0. The fraction of sp³-hybridized carbons (Fsp3) is 0.250. The zero-order valence-corrected chi connectivity index (χ0v) is 10.6. The number of carbonyl (C=O) groups is 1. The van der Waals surface area contributed by atoms with Crippen molar-refractivity contribution in [2.45, 2.75) is 18.9 Å². The molecule has 5 heteroatoms. The average molecular weight is 262 g/mol. The molecule has 1 saturated heterocycles. The summed E-state index contributed by atoms with van der Waals surface area (Å²) in [6.45, 7) is 0. The van der Waals surface area contributed by atoms with Crippen molar-refractivity contribution < 1.29 is 4.79 Å². The minimum Gasteiger partial charge on any atom is -0.290 e. The smallest absolute Gasteiger partial charge is 0.266 e. The first-order chi connectivity index (χ1) is 8.25. The normalized spacial score (nSPS) is 22.6. The molecule has 0 radical (unpaired) electrons. The summed E-state index contributed by atoms with van der Waals surface area (Å²) in [5.74, 6) is 0.0353. The van der Waals surface area contributed by atoms with E-state index < -0.39 is 0 Å². The SMILES string of the molecule is O=C1/C(=C/c2ccccn2)SC(=S)N1C1CC1. The zero-order chi connectivity index (χ0) is 11.8. The van der Waals surface area contributed by atoms with E-state index in [4.69, 9.17) is 12.2 Å². The number of pyridine rings is 1. The molecule has 3 rings (SSSR count). The summed E-state index contributed by atoms with van der Waals surface area (Å²) in [6, 6.07) is 5.98. The van der Waals surface area contributed by atoms with Crippen molar-refractivity contribution in [2.24, 2.45) is 0 Å². The summed E-state index contributed by atoms with van der Waals surface area (Å²) in [4.78, 5) is 18.7. The van der Waals surface area contributed by atoms with Crippen molar-refractivity contribution in [1.29, 1.82) is 0 Å². The van der Waals surface area contributed by atoms with Gasteiger partial charge in [0.25, 0.3) is 5.91 Å². The lowest BCUT2D eigenvalue weighted by Gasteiger charge is -2.11. The van der Waals surface area contributed by atoms with Gasteiger partial charge in [0.15, 0.2) is 0 Å². The zero-order valence-electron chi connectivity index (χ0n) is 9.00. The van der Waals surface area contributed by atoms with Gasteiger partial charge >= 0.3 is 0 Å². The molecule has 1 saturated carbocycles. The molecule has 17 heavy (non-hydrogen) atoms. The van der Waals surface area contributed by atoms with Gasteiger partial charge in [-0.05, 0) is 31.1 Å². The van der Waals surface area contributed by atoms with Gasteiger partial charge < -0.3 is 0 Å². The van der Waals surface area contributed by atoms with E-state index in [1.54, 1.807) is 11.1 Å². The molecule has 0 atom stereocenters. The second-order valence-corrected chi connectivity index (χ2v) is 5.71. The highest BCUT2D eigenvalue weighted by Crippen LogP contribution is 2.39. The predicted octanol–water partition coefficient (Wildman–Crippen LogP) is 2.45. The van der Waals surface area contributed by atoms with Crippen molar-refractivity contribution in [2.75, 3.05) is 0 Å². The number of aromatic nitrogens is 1. The minimum atomic E-state index is 0.0353. The van der Waals surface area contributed by atoms with Crippen LogP contribution in [-0.4, -0.2) is 26.2 Å². The molecular formula is C12H10N2OS2. The summed E-state index contributed by atoms with van der Waals surface area (Å²) < 4.78 is 0.680. The van der Waals surface area contributed by atoms with E-state index in [0.717, 1.165) is 18.5 Å². The van der Waals surface area contributed by atoms with E-state index in [2.05, 4.69) is 4.98 Å². The topological polar surface area (TPSA) is 33.2 Å². The van der Waals surface area contributed by atoms with Gasteiger partial charge in [0.2, 0.25) is 0 Å². The number of hydrogen-bond acceptors (Lipinski definition) is 4. The molecule has 0 N–H and O–H groups in total. The van der Waals surface area contributed by atoms with Crippen LogP contribution in [0.5, 0.6) is 0 Å². The largest absolute Gasteiger partial charge is 0.290 e. The van der Waals surface area contributed by atoms with Gasteiger partial charge in [-0.3, -0.25) is 14.7 Å². The highest BCUT2D eigenvalue weighted by molar-refractivity contribution is 8.26. The van der Waals surface area contributed by atoms with Crippen molar-refractivity contribution in [3.05, 3.63) is 35.0 Å². The summed E-state index contributed by atoms with van der Waals surface area (Å²) in [5, 5.41) is 0. The average Bonchev–Trinajstić information content (AvgIpc) is 3.10. The number of amides is 1. The minimum absolute atomic E-state index is 0.0353. The Morgan fingerprint density at radius 3 is 2.94 bits per heavy atom. The number of thiocarbonyl (C=S) groups is 1. The lowest BCUT2D eigenvalue weighted by Crippen LogP contribution is -2.30. The molecule has 1 aromatic rings. The fourth-order valence-corrected chi connectivity index (χ4v) is 3.11. The van der Waals surface area contributed by atoms with Crippen molar-refractivity contribution in [3.63, 3.8) is 0 Å². The summed E-state index contributed by atoms with van der Waals surface area (Å²) in [6.07, 6.45) is 5.67. The molecule has 1 aromatic heterocycles. The molecule has 1 aliphatic carbocycles. The van der Waals surface area contributed by atoms with E-state index in [1.165, 1.54) is 11.8 Å². The third-order valence-corrected chi connectivity index (χ3v) is 4.03. The van der Waals surface area contributed by atoms with Gasteiger partial charge in [-0.1, -0.05) is 30.0 Å². The summed E-state index contributed by atoms with van der Waals surface area (Å²) in [5.41, 5.74) is 0.795. The third-order valence-electron chi connectivity index (χ3n) is 2.70. The van der Waals surface area contributed by atoms with Gasteiger partial charge in [0.1, 0.15) is 4.32 Å². The maximum absolute atomic E-state index is 12.1. The van der Waals surface area contributed by atoms with Gasteiger partial charge in [-0.25, -0.2) is 0 Å². The van der Waals surface area contributed by atoms with Crippen LogP contribution in [0.3, 0.4) is 0 Å². The second kappa shape index (κ2) is 4.23. The third kappa shape index (κ3) is 2.12. The van der Waals surface area contributed by atoms with Crippen LogP contribution in [-0.2, 0) is 4.79 Å². The fourth-order valence-electron chi connectivity index (χ4n) is 1.72. The highest BCUT2D eigenvalue weighted by Gasteiger charge is 2.41. The van der Waals surface area contributed by atoms with E-state index in [9.17, 15) is 4.79 Å². The Morgan fingerprint density at radius 1 is 1.47 bits per heavy atom. The first-order valence-electron chi connectivity index (χ1n) is 5.44. The van der Waals surface area contributed by atoms with Crippen LogP contribution in [0.1, 0.15) is 18.5 Å². The Hall–Kier alpha value is -1.20. The molecule has 2 heterocycles. The van der Waals surface area contributed by atoms with E-state index in [0.29, 0.717) is 15.3 Å². The Kier molecular flexibility index (Phi) is 2.72. The lowest BCUT2D eigenvalue weighted by molar-refractivity contribution is -0.122. The van der Waals surface area contributed by atoms with E-state index in [1.807, 2.05) is 24.3 Å². The van der Waals surface area contributed by atoms with Crippen LogP contribution in [0.25, 0.3) is 6.08 Å². The number of thioether (sulfide) groups is 1. The summed E-state index contributed by atoms with van der Waals surface area (Å²) >= 11 is 6.61. The van der Waals surface area contributed by atoms with Crippen LogP contribution >= 0.6 is 24.0 Å². The van der Waals surface area contributed by atoms with Gasteiger partial charge in [0.05, 0.1) is 10.6 Å². The molecule has 0 unspecified atom stereocenters. The van der Waals surface area contributed by atoms with Gasteiger partial charge in [-0.2, -0.15) is 0 Å². The predicted molar refractivity (Wildman–Crippen MR) is 72.3 cm³/mol. The molecule has 0 aromatic carbocycles. The molecular weight excluding hydrogens is 252 g/mol. The molecule has 2 fully saturated rings. The van der Waals surface area contributed by atoms with Crippen LogP contribution in [0.4, 0.5) is 0 Å². The molecule has 1 amide bonds. The van der Waals surface area contributed by atoms with Crippen LogP contribution in [0.2, 0.25) is 0 Å². The standard InChI is InChI=1S/C12H10N2OS2/c15-11-10(7-8-3-1-2-6-13-8)17-12(16)14(11)9-4-5-9/h1-3,6-7,9H,4-5H2/b10-7-. The number of carbonyl (C=O) groups excluding carboxylic acids is 1. The molecule has 0 spiro atoms. The monoisotopic (exact) mass is 262 g/mol. The molecule has 2 aliphatic rings. The Balaban J connectivity index is 1.88. The van der Waals surface area contributed by atoms with E-state index >= 15 is 0 Å². The maximum Gasteiger partial charge on any atom is 0.266 e. The van der Waals surface area contributed by atoms with Gasteiger partial charge in [0, 0.05) is 12.2 Å². The second-order valence-electron chi connectivity index (χ2n) is 4.04. The van der Waals surface area contributed by atoms with Crippen LogP contribution in [0.15, 0.2) is 29.3 Å². The van der Waals surface area contributed by atoms with Crippen molar-refractivity contribution in [1.82, 2.24) is 9.88 Å². The Bertz CT molecular complexity index is 508. The molecule has 1 aliphatic heterocycles. The number of nitrogens with zero attached hydrogens (tertiary/aromatic N) is 2. The van der Waals surface area contributed by atoms with Crippen molar-refractivity contribution >= 4 is 40.3 Å². The molecule has 0 bridgehead atoms.